The number of hydrogen-bond acceptors (Lipinski definition) is 5. The molecule has 1 aliphatic rings. The second-order valence-electron chi connectivity index (χ2n) is 8.60. The van der Waals surface area contributed by atoms with E-state index in [0.29, 0.717) is 32.0 Å². The quantitative estimate of drug-likeness (QED) is 0.462. The van der Waals surface area contributed by atoms with Gasteiger partial charge in [0, 0.05) is 43.4 Å². The lowest BCUT2D eigenvalue weighted by Crippen LogP contribution is -2.40. The minimum absolute atomic E-state index is 0.0535. The molecule has 1 aliphatic heterocycles. The van der Waals surface area contributed by atoms with E-state index in [1.807, 2.05) is 17.0 Å². The van der Waals surface area contributed by atoms with Gasteiger partial charge in [-0.1, -0.05) is 12.1 Å². The fourth-order valence-electron chi connectivity index (χ4n) is 4.18. The molecule has 1 aromatic carbocycles. The number of benzene rings is 1. The molecule has 0 spiro atoms. The third-order valence-electron chi connectivity index (χ3n) is 6.09. The van der Waals surface area contributed by atoms with Gasteiger partial charge in [0.25, 0.3) is 5.56 Å². The van der Waals surface area contributed by atoms with Crippen LogP contribution in [0, 0.1) is 11.7 Å². The first-order valence-corrected chi connectivity index (χ1v) is 11.4. The summed E-state index contributed by atoms with van der Waals surface area (Å²) in [6.07, 6.45) is -7.77. The van der Waals surface area contributed by atoms with Gasteiger partial charge in [0.1, 0.15) is 17.5 Å². The fourth-order valence-corrected chi connectivity index (χ4v) is 4.18. The van der Waals surface area contributed by atoms with E-state index in [9.17, 15) is 35.9 Å². The van der Waals surface area contributed by atoms with Crippen LogP contribution in [-0.2, 0) is 23.7 Å². The average molecular weight is 543 g/mol. The van der Waals surface area contributed by atoms with Gasteiger partial charge in [-0.15, -0.1) is 0 Å². The molecule has 2 N–H and O–H groups in total. The van der Waals surface area contributed by atoms with Crippen molar-refractivity contribution < 1.29 is 35.5 Å². The average Bonchev–Trinajstić information content (AvgIpc) is 2.86. The van der Waals surface area contributed by atoms with Gasteiger partial charge in [0.15, 0.2) is 5.69 Å². The summed E-state index contributed by atoms with van der Waals surface area (Å²) in [5.74, 6) is -2.92. The van der Waals surface area contributed by atoms with Crippen molar-refractivity contribution in [3.63, 3.8) is 0 Å². The molecule has 2 aromatic heterocycles. The number of H-pyrrole nitrogens is 1. The van der Waals surface area contributed by atoms with E-state index in [2.05, 4.69) is 15.3 Å². The number of nitrogens with one attached hydrogen (secondary N) is 2. The van der Waals surface area contributed by atoms with Crippen molar-refractivity contribution in [2.45, 2.75) is 31.7 Å². The number of alkyl halides is 6. The molecule has 0 unspecified atom stereocenters. The van der Waals surface area contributed by atoms with E-state index >= 15 is 4.39 Å². The topological polar surface area (TPSA) is 91.0 Å². The van der Waals surface area contributed by atoms with E-state index < -0.39 is 70.3 Å². The van der Waals surface area contributed by atoms with Gasteiger partial charge in [-0.3, -0.25) is 9.59 Å². The molecule has 0 saturated carbocycles. The summed E-state index contributed by atoms with van der Waals surface area (Å²) >= 11 is 0. The molecule has 1 amide bonds. The number of aromatic nitrogens is 3. The Bertz CT molecular complexity index is 1370. The van der Waals surface area contributed by atoms with Crippen LogP contribution in [-0.4, -0.2) is 33.9 Å². The van der Waals surface area contributed by atoms with E-state index in [-0.39, 0.29) is 6.07 Å². The van der Waals surface area contributed by atoms with Gasteiger partial charge < -0.3 is 15.2 Å². The lowest BCUT2D eigenvalue weighted by Gasteiger charge is -2.32. The second-order valence-corrected chi connectivity index (χ2v) is 8.60. The lowest BCUT2D eigenvalue weighted by atomic mass is 9.95. The number of anilines is 1. The van der Waals surface area contributed by atoms with Crippen LogP contribution in [0.1, 0.15) is 29.7 Å². The number of piperidine rings is 1. The Morgan fingerprint density at radius 3 is 2.37 bits per heavy atom. The lowest BCUT2D eigenvalue weighted by molar-refractivity contribution is -0.141. The van der Waals surface area contributed by atoms with Crippen LogP contribution in [0.2, 0.25) is 0 Å². The second kappa shape index (κ2) is 10.4. The molecule has 38 heavy (non-hydrogen) atoms. The zero-order chi connectivity index (χ0) is 27.7. The molecule has 3 heterocycles. The molecule has 202 valence electrons. The Kier molecular flexibility index (Phi) is 7.42. The fraction of sp³-hybridized carbons (Fsp3) is 0.333. The van der Waals surface area contributed by atoms with E-state index in [1.54, 1.807) is 17.2 Å². The van der Waals surface area contributed by atoms with Crippen LogP contribution in [0.5, 0.6) is 0 Å². The normalized spacial score (nSPS) is 15.0. The van der Waals surface area contributed by atoms with Crippen molar-refractivity contribution in [2.24, 2.45) is 5.92 Å². The summed E-state index contributed by atoms with van der Waals surface area (Å²) in [7, 11) is 0. The van der Waals surface area contributed by atoms with E-state index in [4.69, 9.17) is 0 Å². The van der Waals surface area contributed by atoms with Crippen LogP contribution < -0.4 is 15.8 Å². The molecule has 0 radical (unpaired) electrons. The number of carbonyl (C=O) groups excluding carboxylic acids is 1. The summed E-state index contributed by atoms with van der Waals surface area (Å²) in [6, 6.07) is 6.73. The van der Waals surface area contributed by atoms with Crippen molar-refractivity contribution >= 4 is 11.7 Å². The summed E-state index contributed by atoms with van der Waals surface area (Å²) in [4.78, 5) is 35.4. The molecule has 14 heteroatoms. The van der Waals surface area contributed by atoms with Crippen molar-refractivity contribution in [1.82, 2.24) is 20.3 Å². The summed E-state index contributed by atoms with van der Waals surface area (Å²) < 4.78 is 95.4. The molecule has 1 fully saturated rings. The van der Waals surface area contributed by atoms with Gasteiger partial charge >= 0.3 is 12.4 Å². The maximum atomic E-state index is 15.3. The first kappa shape index (κ1) is 27.1. The third-order valence-corrected chi connectivity index (χ3v) is 6.09. The van der Waals surface area contributed by atoms with Crippen molar-refractivity contribution in [3.05, 3.63) is 75.6 Å². The van der Waals surface area contributed by atoms with Crippen molar-refractivity contribution in [2.75, 3.05) is 18.0 Å². The van der Waals surface area contributed by atoms with Crippen LogP contribution in [0.15, 0.2) is 47.4 Å². The Hall–Kier alpha value is -3.97. The monoisotopic (exact) mass is 543 g/mol. The molecule has 0 atom stereocenters. The summed E-state index contributed by atoms with van der Waals surface area (Å²) in [5, 5.41) is 2.48. The number of amides is 1. The Balaban J connectivity index is 1.55. The number of carbonyl (C=O) groups is 1. The van der Waals surface area contributed by atoms with Crippen molar-refractivity contribution in [1.29, 1.82) is 0 Å². The molecule has 4 rings (SSSR count). The maximum absolute atomic E-state index is 15.3. The highest BCUT2D eigenvalue weighted by atomic mass is 19.4. The highest BCUT2D eigenvalue weighted by Gasteiger charge is 2.38. The van der Waals surface area contributed by atoms with Gasteiger partial charge in [-0.05, 0) is 31.0 Å². The highest BCUT2D eigenvalue weighted by molar-refractivity contribution is 5.79. The Morgan fingerprint density at radius 2 is 1.76 bits per heavy atom. The summed E-state index contributed by atoms with van der Waals surface area (Å²) in [5.41, 5.74) is -6.59. The number of aromatic amines is 1. The van der Waals surface area contributed by atoms with Crippen LogP contribution in [0.25, 0.3) is 11.4 Å². The first-order chi connectivity index (χ1) is 17.8. The predicted molar refractivity (Wildman–Crippen MR) is 121 cm³/mol. The van der Waals surface area contributed by atoms with Gasteiger partial charge in [0.05, 0.1) is 11.1 Å². The van der Waals surface area contributed by atoms with E-state index in [0.717, 1.165) is 11.9 Å². The van der Waals surface area contributed by atoms with Crippen LogP contribution in [0.3, 0.4) is 0 Å². The highest BCUT2D eigenvalue weighted by Crippen LogP contribution is 2.39. The summed E-state index contributed by atoms with van der Waals surface area (Å²) in [6.45, 7) is 0.532. The zero-order valence-corrected chi connectivity index (χ0v) is 19.5. The minimum atomic E-state index is -5.17. The van der Waals surface area contributed by atoms with Crippen LogP contribution >= 0.6 is 0 Å². The molecule has 0 bridgehead atoms. The largest absolute Gasteiger partial charge is 0.433 e. The molecular weight excluding hydrogens is 523 g/mol. The molecular formula is C24H20F7N5O2. The maximum Gasteiger partial charge on any atom is 0.433 e. The van der Waals surface area contributed by atoms with Gasteiger partial charge in [0.2, 0.25) is 5.91 Å². The van der Waals surface area contributed by atoms with E-state index in [1.165, 1.54) is 0 Å². The Labute approximate surface area is 210 Å². The van der Waals surface area contributed by atoms with Gasteiger partial charge in [-0.25, -0.2) is 14.4 Å². The molecule has 3 aromatic rings. The number of halogens is 7. The first-order valence-electron chi connectivity index (χ1n) is 11.4. The third kappa shape index (κ3) is 5.94. The Morgan fingerprint density at radius 1 is 1.05 bits per heavy atom. The predicted octanol–water partition coefficient (Wildman–Crippen LogP) is 4.54. The molecule has 7 nitrogen and oxygen atoms in total. The SMILES string of the molecule is O=C(NCc1ccc(C(F)(F)F)c(-c2nc(C(F)(F)F)cc(=O)[nH]2)c1F)C1CCN(c2ccccn2)CC1. The minimum Gasteiger partial charge on any atom is -0.357 e. The smallest absolute Gasteiger partial charge is 0.357 e. The number of nitrogens with zero attached hydrogens (tertiary/aromatic N) is 3. The molecule has 1 saturated heterocycles. The standard InChI is InChI=1S/C24H20F7N5O2/c25-20-14(12-33-22(38)13-6-9-36(10-7-13)17-3-1-2-8-32-17)4-5-15(23(26,27)28)19(20)21-34-16(24(29,30)31)11-18(37)35-21/h1-5,8,11,13H,6-7,9-10,12H2,(H,33,38)(H,34,35,37). The van der Waals surface area contributed by atoms with Crippen molar-refractivity contribution in [3.8, 4) is 11.4 Å². The number of pyridine rings is 1. The zero-order valence-electron chi connectivity index (χ0n) is 19.5. The number of rotatable bonds is 5. The molecule has 0 aliphatic carbocycles. The van der Waals surface area contributed by atoms with Crippen LogP contribution in [0.4, 0.5) is 36.6 Å². The number of hydrogen-bond donors (Lipinski definition) is 2. The van der Waals surface area contributed by atoms with Gasteiger partial charge in [-0.2, -0.15) is 26.3 Å².